The van der Waals surface area contributed by atoms with Gasteiger partial charge in [-0.05, 0) is 32.4 Å². The molecule has 0 unspecified atom stereocenters. The first-order valence-electron chi connectivity index (χ1n) is 7.57. The van der Waals surface area contributed by atoms with Gasteiger partial charge in [0.2, 0.25) is 0 Å². The van der Waals surface area contributed by atoms with Crippen molar-refractivity contribution in [2.24, 2.45) is 5.92 Å². The molecule has 2 aliphatic heterocycles. The van der Waals surface area contributed by atoms with E-state index in [9.17, 15) is 9.90 Å². The van der Waals surface area contributed by atoms with Crippen LogP contribution in [0.5, 0.6) is 0 Å². The number of methoxy groups -OCH3 is 1. The van der Waals surface area contributed by atoms with Crippen molar-refractivity contribution in [3.05, 3.63) is 35.4 Å². The lowest BCUT2D eigenvalue weighted by molar-refractivity contribution is -0.151. The zero-order valence-corrected chi connectivity index (χ0v) is 12.8. The number of carbonyl (C=O) groups is 1. The summed E-state index contributed by atoms with van der Waals surface area (Å²) in [7, 11) is 3.44. The number of aliphatic hydroxyl groups excluding tert-OH is 1. The first-order valence-corrected chi connectivity index (χ1v) is 7.57. The Kier molecular flexibility index (Phi) is 3.76. The Hall–Kier alpha value is -1.39. The van der Waals surface area contributed by atoms with Crippen molar-refractivity contribution in [2.75, 3.05) is 14.2 Å². The third kappa shape index (κ3) is 2.36. The second-order valence-electron chi connectivity index (χ2n) is 6.41. The molecule has 1 aromatic rings. The molecular formula is C17H23NO3. The summed E-state index contributed by atoms with van der Waals surface area (Å²) in [5.74, 6) is -0.380. The van der Waals surface area contributed by atoms with E-state index >= 15 is 0 Å². The van der Waals surface area contributed by atoms with Gasteiger partial charge in [0, 0.05) is 18.0 Å². The Labute approximate surface area is 125 Å². The van der Waals surface area contributed by atoms with Crippen molar-refractivity contribution >= 4 is 5.97 Å². The van der Waals surface area contributed by atoms with E-state index in [-0.39, 0.29) is 23.8 Å². The molecule has 4 nitrogen and oxygen atoms in total. The zero-order valence-electron chi connectivity index (χ0n) is 12.8. The van der Waals surface area contributed by atoms with Crippen LogP contribution in [0.25, 0.3) is 0 Å². The Balaban J connectivity index is 1.98. The predicted octanol–water partition coefficient (Wildman–Crippen LogP) is 1.71. The summed E-state index contributed by atoms with van der Waals surface area (Å²) in [5, 5.41) is 10.3. The van der Waals surface area contributed by atoms with Gasteiger partial charge in [-0.2, -0.15) is 0 Å². The minimum absolute atomic E-state index is 0.126. The van der Waals surface area contributed by atoms with Crippen LogP contribution in [-0.4, -0.2) is 48.3 Å². The highest BCUT2D eigenvalue weighted by Crippen LogP contribution is 2.46. The molecule has 4 heteroatoms. The number of likely N-dealkylation sites (N-methyl/N-ethyl adjacent to an activating group) is 1. The van der Waals surface area contributed by atoms with E-state index in [1.54, 1.807) is 0 Å². The monoisotopic (exact) mass is 289 g/mol. The Morgan fingerprint density at radius 3 is 2.57 bits per heavy atom. The minimum Gasteiger partial charge on any atom is -0.469 e. The van der Waals surface area contributed by atoms with Crippen LogP contribution in [0.1, 0.15) is 29.9 Å². The fraction of sp³-hybridized carbons (Fsp3) is 0.588. The Morgan fingerprint density at radius 2 is 1.95 bits per heavy atom. The van der Waals surface area contributed by atoms with Crippen LogP contribution < -0.4 is 0 Å². The van der Waals surface area contributed by atoms with Gasteiger partial charge in [-0.15, -0.1) is 0 Å². The molecule has 0 aromatic heterocycles. The molecule has 3 rings (SSSR count). The number of aryl methyl sites for hydroxylation is 1. The van der Waals surface area contributed by atoms with Crippen molar-refractivity contribution in [1.82, 2.24) is 4.90 Å². The molecule has 5 atom stereocenters. The normalized spacial score (nSPS) is 35.7. The maximum atomic E-state index is 12.3. The van der Waals surface area contributed by atoms with Crippen molar-refractivity contribution in [2.45, 2.75) is 43.9 Å². The predicted molar refractivity (Wildman–Crippen MR) is 80.0 cm³/mol. The molecule has 1 aromatic carbocycles. The number of benzene rings is 1. The van der Waals surface area contributed by atoms with E-state index in [0.29, 0.717) is 6.04 Å². The van der Waals surface area contributed by atoms with Gasteiger partial charge in [0.1, 0.15) is 0 Å². The first kappa shape index (κ1) is 14.5. The summed E-state index contributed by atoms with van der Waals surface area (Å²) in [6.07, 6.45) is 1.20. The van der Waals surface area contributed by atoms with Crippen LogP contribution in [0.3, 0.4) is 0 Å². The number of fused-ring (bicyclic) bond motifs is 2. The van der Waals surface area contributed by atoms with Crippen LogP contribution in [-0.2, 0) is 9.53 Å². The summed E-state index contributed by atoms with van der Waals surface area (Å²) in [6.45, 7) is 2.06. The molecule has 0 saturated carbocycles. The average molecular weight is 289 g/mol. The number of rotatable bonds is 2. The quantitative estimate of drug-likeness (QED) is 0.842. The number of piperidine rings is 1. The lowest BCUT2D eigenvalue weighted by atomic mass is 9.76. The molecule has 114 valence electrons. The minimum atomic E-state index is -0.445. The number of hydrogen-bond acceptors (Lipinski definition) is 4. The molecular weight excluding hydrogens is 266 g/mol. The highest BCUT2D eigenvalue weighted by atomic mass is 16.5. The summed E-state index contributed by atoms with van der Waals surface area (Å²) < 4.78 is 5.04. The van der Waals surface area contributed by atoms with E-state index in [2.05, 4.69) is 36.1 Å². The lowest BCUT2D eigenvalue weighted by Crippen LogP contribution is -2.51. The maximum absolute atomic E-state index is 12.3. The largest absolute Gasteiger partial charge is 0.469 e. The van der Waals surface area contributed by atoms with Crippen LogP contribution in [0.2, 0.25) is 0 Å². The van der Waals surface area contributed by atoms with E-state index in [4.69, 9.17) is 4.74 Å². The van der Waals surface area contributed by atoms with Gasteiger partial charge >= 0.3 is 5.97 Å². The number of aliphatic hydroxyl groups is 1. The Bertz CT molecular complexity index is 527. The number of hydrogen-bond donors (Lipinski definition) is 1. The highest BCUT2D eigenvalue weighted by molar-refractivity contribution is 5.75. The highest BCUT2D eigenvalue weighted by Gasteiger charge is 2.53. The molecule has 2 bridgehead atoms. The van der Waals surface area contributed by atoms with Gasteiger partial charge in [-0.25, -0.2) is 0 Å². The standard InChI is InChI=1S/C17H23NO3/c1-10-4-6-11(7-5-10)13-8-12-9-14(19)16(18(12)2)15(13)17(20)21-3/h4-7,12-16,19H,8-9H2,1-3H3/t12-,13+,14-,15+,16-/m1/s1. The van der Waals surface area contributed by atoms with Gasteiger partial charge in [-0.3, -0.25) is 9.69 Å². The van der Waals surface area contributed by atoms with Crippen molar-refractivity contribution < 1.29 is 14.6 Å². The second-order valence-corrected chi connectivity index (χ2v) is 6.41. The molecule has 2 saturated heterocycles. The van der Waals surface area contributed by atoms with E-state index < -0.39 is 6.10 Å². The van der Waals surface area contributed by atoms with Crippen LogP contribution >= 0.6 is 0 Å². The molecule has 1 N–H and O–H groups in total. The van der Waals surface area contributed by atoms with E-state index in [1.165, 1.54) is 18.2 Å². The lowest BCUT2D eigenvalue weighted by Gasteiger charge is -2.42. The van der Waals surface area contributed by atoms with Crippen LogP contribution in [0.15, 0.2) is 24.3 Å². The molecule has 2 heterocycles. The van der Waals surface area contributed by atoms with Crippen LogP contribution in [0, 0.1) is 12.8 Å². The summed E-state index contributed by atoms with van der Waals surface area (Å²) in [4.78, 5) is 14.5. The number of ether oxygens (including phenoxy) is 1. The van der Waals surface area contributed by atoms with Crippen LogP contribution in [0.4, 0.5) is 0 Å². The average Bonchev–Trinajstić information content (AvgIpc) is 2.66. The molecule has 2 fully saturated rings. The Morgan fingerprint density at radius 1 is 1.29 bits per heavy atom. The second kappa shape index (κ2) is 5.43. The number of carbonyl (C=O) groups excluding carboxylic acids is 1. The summed E-state index contributed by atoms with van der Waals surface area (Å²) in [5.41, 5.74) is 2.39. The van der Waals surface area contributed by atoms with Gasteiger partial charge in [0.05, 0.1) is 19.1 Å². The van der Waals surface area contributed by atoms with E-state index in [0.717, 1.165) is 12.8 Å². The molecule has 2 aliphatic rings. The molecule has 0 aliphatic carbocycles. The zero-order chi connectivity index (χ0) is 15.1. The van der Waals surface area contributed by atoms with Gasteiger partial charge in [-0.1, -0.05) is 29.8 Å². The first-order chi connectivity index (χ1) is 10.0. The number of esters is 1. The topological polar surface area (TPSA) is 49.8 Å². The smallest absolute Gasteiger partial charge is 0.310 e. The fourth-order valence-electron chi connectivity index (χ4n) is 4.13. The van der Waals surface area contributed by atoms with E-state index in [1.807, 2.05) is 7.05 Å². The third-order valence-corrected chi connectivity index (χ3v) is 5.26. The van der Waals surface area contributed by atoms with Gasteiger partial charge in [0.25, 0.3) is 0 Å². The molecule has 0 amide bonds. The third-order valence-electron chi connectivity index (χ3n) is 5.26. The van der Waals surface area contributed by atoms with Crippen molar-refractivity contribution in [3.63, 3.8) is 0 Å². The summed E-state index contributed by atoms with van der Waals surface area (Å²) in [6, 6.07) is 8.58. The SMILES string of the molecule is COC(=O)[C@@H]1[C@H]2[C@H](O)C[C@@H](C[C@H]1c1ccc(C)cc1)N2C. The molecule has 0 radical (unpaired) electrons. The fourth-order valence-corrected chi connectivity index (χ4v) is 4.13. The maximum Gasteiger partial charge on any atom is 0.310 e. The van der Waals surface area contributed by atoms with Gasteiger partial charge in [0.15, 0.2) is 0 Å². The van der Waals surface area contributed by atoms with Crippen molar-refractivity contribution in [1.29, 1.82) is 0 Å². The van der Waals surface area contributed by atoms with Crippen molar-refractivity contribution in [3.8, 4) is 0 Å². The van der Waals surface area contributed by atoms with Gasteiger partial charge < -0.3 is 9.84 Å². The number of nitrogens with zero attached hydrogens (tertiary/aromatic N) is 1. The molecule has 0 spiro atoms. The molecule has 21 heavy (non-hydrogen) atoms. The summed E-state index contributed by atoms with van der Waals surface area (Å²) >= 11 is 0.